The minimum Gasteiger partial charge on any atom is -1.00 e. The first-order valence-corrected chi connectivity index (χ1v) is 5.54. The maximum Gasteiger partial charge on any atom is 0.367 e. The first-order chi connectivity index (χ1) is 5.95. The number of thioether (sulfide) groups is 1. The van der Waals surface area contributed by atoms with E-state index in [4.69, 9.17) is 4.74 Å². The van der Waals surface area contributed by atoms with Gasteiger partial charge in [0, 0.05) is 5.75 Å². The fraction of sp³-hybridized carbons (Fsp3) is 0.889. The smallest absolute Gasteiger partial charge is 0.367 e. The molecule has 0 rings (SSSR count). The maximum atomic E-state index is 11.0. The van der Waals surface area contributed by atoms with Gasteiger partial charge in [0.25, 0.3) is 0 Å². The molecule has 0 radical (unpaired) electrons. The van der Waals surface area contributed by atoms with Gasteiger partial charge in [-0.3, -0.25) is 0 Å². The summed E-state index contributed by atoms with van der Waals surface area (Å²) in [5, 5.41) is -0.143. The zero-order chi connectivity index (χ0) is 10.3. The summed E-state index contributed by atoms with van der Waals surface area (Å²) in [6, 6.07) is 0. The lowest BCUT2D eigenvalue weighted by atomic mass is 10.5. The van der Waals surface area contributed by atoms with Crippen LogP contribution in [0.1, 0.15) is 13.3 Å². The molecule has 0 bridgehead atoms. The van der Waals surface area contributed by atoms with Crippen molar-refractivity contribution < 1.29 is 26.4 Å². The van der Waals surface area contributed by atoms with E-state index in [1.165, 1.54) is 11.8 Å². The van der Waals surface area contributed by atoms with E-state index in [0.717, 1.165) is 23.2 Å². The summed E-state index contributed by atoms with van der Waals surface area (Å²) < 4.78 is 5.85. The SMILES string of the molecule is CCCSC(=O)OCC[N+](C)(C)C.[Cl-]. The number of carbonyl (C=O) groups excluding carboxylic acids is 1. The quantitative estimate of drug-likeness (QED) is 0.455. The first-order valence-electron chi connectivity index (χ1n) is 4.55. The van der Waals surface area contributed by atoms with Crippen LogP contribution in [-0.2, 0) is 4.74 Å². The second kappa shape index (κ2) is 8.38. The first kappa shape index (κ1) is 16.5. The number of nitrogens with zero attached hydrogens (tertiary/aromatic N) is 1. The van der Waals surface area contributed by atoms with Crippen molar-refractivity contribution in [2.24, 2.45) is 0 Å². The number of halogens is 1. The van der Waals surface area contributed by atoms with Gasteiger partial charge in [0.1, 0.15) is 13.2 Å². The Morgan fingerprint density at radius 1 is 1.36 bits per heavy atom. The number of quaternary nitrogens is 1. The van der Waals surface area contributed by atoms with Crippen molar-refractivity contribution in [3.8, 4) is 0 Å². The molecule has 14 heavy (non-hydrogen) atoms. The van der Waals surface area contributed by atoms with Crippen LogP contribution in [0.2, 0.25) is 0 Å². The zero-order valence-electron chi connectivity index (χ0n) is 9.38. The fourth-order valence-corrected chi connectivity index (χ4v) is 1.17. The summed E-state index contributed by atoms with van der Waals surface area (Å²) in [5.74, 6) is 0.850. The van der Waals surface area contributed by atoms with Crippen LogP contribution in [-0.4, -0.2) is 49.8 Å². The molecule has 0 saturated carbocycles. The van der Waals surface area contributed by atoms with Gasteiger partial charge in [-0.25, -0.2) is 4.79 Å². The summed E-state index contributed by atoms with van der Waals surface area (Å²) >= 11 is 1.26. The summed E-state index contributed by atoms with van der Waals surface area (Å²) in [6.45, 7) is 3.42. The van der Waals surface area contributed by atoms with Gasteiger partial charge in [-0.05, 0) is 18.2 Å². The molecule has 0 aliphatic heterocycles. The van der Waals surface area contributed by atoms with Crippen molar-refractivity contribution >= 4 is 17.1 Å². The molecule has 0 aromatic carbocycles. The van der Waals surface area contributed by atoms with Crippen molar-refractivity contribution in [2.75, 3.05) is 40.0 Å². The lowest BCUT2D eigenvalue weighted by molar-refractivity contribution is -0.870. The van der Waals surface area contributed by atoms with Gasteiger partial charge in [0.15, 0.2) is 0 Å². The van der Waals surface area contributed by atoms with Crippen molar-refractivity contribution in [3.05, 3.63) is 0 Å². The lowest BCUT2D eigenvalue weighted by Gasteiger charge is -2.23. The van der Waals surface area contributed by atoms with Crippen LogP contribution in [0, 0.1) is 0 Å². The van der Waals surface area contributed by atoms with Gasteiger partial charge in [-0.15, -0.1) is 0 Å². The largest absolute Gasteiger partial charge is 1.00 e. The molecule has 0 saturated heterocycles. The highest BCUT2D eigenvalue weighted by Gasteiger charge is 2.08. The Morgan fingerprint density at radius 2 is 1.93 bits per heavy atom. The average Bonchev–Trinajstić information content (AvgIpc) is 1.98. The van der Waals surface area contributed by atoms with E-state index in [1.807, 2.05) is 6.92 Å². The van der Waals surface area contributed by atoms with E-state index < -0.39 is 0 Å². The van der Waals surface area contributed by atoms with Crippen LogP contribution in [0.3, 0.4) is 0 Å². The molecule has 0 unspecified atom stereocenters. The fourth-order valence-electron chi connectivity index (χ4n) is 0.630. The van der Waals surface area contributed by atoms with Crippen molar-refractivity contribution in [1.29, 1.82) is 0 Å². The number of hydrogen-bond acceptors (Lipinski definition) is 3. The third-order valence-electron chi connectivity index (χ3n) is 1.41. The Hall–Kier alpha value is 0.0700. The van der Waals surface area contributed by atoms with E-state index in [1.54, 1.807) is 0 Å². The van der Waals surface area contributed by atoms with Gasteiger partial charge in [0.2, 0.25) is 0 Å². The number of ether oxygens (including phenoxy) is 1. The summed E-state index contributed by atoms with van der Waals surface area (Å²) in [6.07, 6.45) is 1.01. The molecule has 0 N–H and O–H groups in total. The molecule has 0 aliphatic carbocycles. The Labute approximate surface area is 97.2 Å². The molecule has 0 atom stereocenters. The van der Waals surface area contributed by atoms with E-state index in [2.05, 4.69) is 21.1 Å². The highest BCUT2D eigenvalue weighted by Crippen LogP contribution is 2.06. The average molecular weight is 242 g/mol. The van der Waals surface area contributed by atoms with E-state index in [9.17, 15) is 4.79 Å². The van der Waals surface area contributed by atoms with Gasteiger partial charge in [0.05, 0.1) is 21.1 Å². The van der Waals surface area contributed by atoms with Gasteiger partial charge >= 0.3 is 5.30 Å². The number of carbonyl (C=O) groups is 1. The molecule has 0 aliphatic rings. The molecule has 0 amide bonds. The van der Waals surface area contributed by atoms with E-state index in [-0.39, 0.29) is 17.7 Å². The normalized spacial score (nSPS) is 10.6. The Kier molecular flexibility index (Phi) is 9.88. The third-order valence-corrected chi connectivity index (χ3v) is 2.37. The summed E-state index contributed by atoms with van der Waals surface area (Å²) in [4.78, 5) is 11.0. The molecule has 0 spiro atoms. The van der Waals surface area contributed by atoms with Gasteiger partial charge in [-0.2, -0.15) is 0 Å². The second-order valence-electron chi connectivity index (χ2n) is 3.96. The second-order valence-corrected chi connectivity index (χ2v) is 4.99. The zero-order valence-corrected chi connectivity index (χ0v) is 11.0. The van der Waals surface area contributed by atoms with Crippen LogP contribution in [0.15, 0.2) is 0 Å². The standard InChI is InChI=1S/C9H20NO2S.ClH/c1-5-8-13-9(11)12-7-6-10(2,3)4;/h5-8H2,1-4H3;1H/q+1;/p-1. The number of rotatable bonds is 5. The van der Waals surface area contributed by atoms with Crippen molar-refractivity contribution in [2.45, 2.75) is 13.3 Å². The highest BCUT2D eigenvalue weighted by atomic mass is 35.5. The maximum absolute atomic E-state index is 11.0. The predicted molar refractivity (Wildman–Crippen MR) is 57.0 cm³/mol. The highest BCUT2D eigenvalue weighted by molar-refractivity contribution is 8.13. The topological polar surface area (TPSA) is 26.3 Å². The molecule has 5 heteroatoms. The monoisotopic (exact) mass is 241 g/mol. The number of hydrogen-bond donors (Lipinski definition) is 0. The molecule has 86 valence electrons. The Balaban J connectivity index is 0. The Bertz CT molecular complexity index is 159. The minimum atomic E-state index is -0.143. The molecule has 0 heterocycles. The van der Waals surface area contributed by atoms with Crippen LogP contribution in [0.4, 0.5) is 4.79 Å². The molecule has 0 fully saturated rings. The van der Waals surface area contributed by atoms with Crippen molar-refractivity contribution in [3.63, 3.8) is 0 Å². The van der Waals surface area contributed by atoms with Crippen molar-refractivity contribution in [1.82, 2.24) is 0 Å². The molecule has 0 aromatic heterocycles. The summed E-state index contributed by atoms with van der Waals surface area (Å²) in [5.41, 5.74) is 0. The van der Waals surface area contributed by atoms with E-state index >= 15 is 0 Å². The minimum absolute atomic E-state index is 0. The molecule has 3 nitrogen and oxygen atoms in total. The molecule has 0 aromatic rings. The van der Waals surface area contributed by atoms with Crippen LogP contribution in [0.5, 0.6) is 0 Å². The van der Waals surface area contributed by atoms with Crippen LogP contribution in [0.25, 0.3) is 0 Å². The van der Waals surface area contributed by atoms with Crippen LogP contribution >= 0.6 is 11.8 Å². The summed E-state index contributed by atoms with van der Waals surface area (Å²) in [7, 11) is 6.23. The third kappa shape index (κ3) is 12.1. The van der Waals surface area contributed by atoms with Crippen LogP contribution < -0.4 is 12.4 Å². The Morgan fingerprint density at radius 3 is 2.36 bits per heavy atom. The lowest BCUT2D eigenvalue weighted by Crippen LogP contribution is -3.00. The van der Waals surface area contributed by atoms with E-state index in [0.29, 0.717) is 6.61 Å². The predicted octanol–water partition coefficient (Wildman–Crippen LogP) is -1.02. The van der Waals surface area contributed by atoms with Gasteiger partial charge in [-0.1, -0.05) is 6.92 Å². The molecular weight excluding hydrogens is 222 g/mol. The van der Waals surface area contributed by atoms with Gasteiger partial charge < -0.3 is 21.6 Å². The number of likely N-dealkylation sites (N-methyl/N-ethyl adjacent to an activating group) is 1. The molecular formula is C9H20ClNO2S.